The van der Waals surface area contributed by atoms with Crippen LogP contribution in [-0.4, -0.2) is 46.0 Å². The fraction of sp³-hybridized carbons (Fsp3) is 0.467. The standard InChI is InChI=1S/C15H16ClN5O3S/c16-12-9-11(21(22)23)3-4-13(12)25-15-18-17-14(20(15)10-1-2-10)19-5-7-24-8-6-19/h3-4,9-10H,1-2,5-8H2. The first kappa shape index (κ1) is 16.6. The molecule has 0 N–H and O–H groups in total. The molecule has 1 aromatic heterocycles. The number of halogens is 1. The summed E-state index contributed by atoms with van der Waals surface area (Å²) < 4.78 is 7.57. The van der Waals surface area contributed by atoms with Crippen LogP contribution in [0.25, 0.3) is 0 Å². The van der Waals surface area contributed by atoms with Crippen molar-refractivity contribution in [1.29, 1.82) is 0 Å². The predicted molar refractivity (Wildman–Crippen MR) is 93.6 cm³/mol. The first-order chi connectivity index (χ1) is 12.1. The number of non-ortho nitro benzene ring substituents is 1. The van der Waals surface area contributed by atoms with Crippen molar-refractivity contribution in [3.63, 3.8) is 0 Å². The fourth-order valence-electron chi connectivity index (χ4n) is 2.75. The molecule has 8 nitrogen and oxygen atoms in total. The number of hydrogen-bond acceptors (Lipinski definition) is 7. The lowest BCUT2D eigenvalue weighted by Gasteiger charge is -2.27. The van der Waals surface area contributed by atoms with Crippen LogP contribution in [0.1, 0.15) is 18.9 Å². The van der Waals surface area contributed by atoms with Crippen molar-refractivity contribution in [3.05, 3.63) is 33.3 Å². The lowest BCUT2D eigenvalue weighted by Crippen LogP contribution is -2.38. The number of anilines is 1. The van der Waals surface area contributed by atoms with Gasteiger partial charge in [0.25, 0.3) is 5.69 Å². The van der Waals surface area contributed by atoms with Gasteiger partial charge in [-0.1, -0.05) is 11.6 Å². The lowest BCUT2D eigenvalue weighted by molar-refractivity contribution is -0.384. The van der Waals surface area contributed by atoms with E-state index in [1.807, 2.05) is 0 Å². The molecule has 0 radical (unpaired) electrons. The first-order valence-corrected chi connectivity index (χ1v) is 9.22. The van der Waals surface area contributed by atoms with Crippen molar-refractivity contribution >= 4 is 35.0 Å². The van der Waals surface area contributed by atoms with Gasteiger partial charge in [-0.25, -0.2) is 0 Å². The van der Waals surface area contributed by atoms with Crippen LogP contribution in [0.2, 0.25) is 5.02 Å². The van der Waals surface area contributed by atoms with E-state index in [4.69, 9.17) is 16.3 Å². The highest BCUT2D eigenvalue weighted by Crippen LogP contribution is 2.43. The summed E-state index contributed by atoms with van der Waals surface area (Å²) in [5, 5.41) is 20.7. The molecule has 2 aliphatic rings. The Balaban J connectivity index is 1.62. The van der Waals surface area contributed by atoms with Crippen LogP contribution in [0.3, 0.4) is 0 Å². The molecular weight excluding hydrogens is 366 g/mol. The van der Waals surface area contributed by atoms with E-state index in [0.29, 0.717) is 24.3 Å². The highest BCUT2D eigenvalue weighted by atomic mass is 35.5. The van der Waals surface area contributed by atoms with Crippen LogP contribution in [0.4, 0.5) is 11.6 Å². The van der Waals surface area contributed by atoms with Gasteiger partial charge < -0.3 is 9.64 Å². The quantitative estimate of drug-likeness (QED) is 0.580. The maximum Gasteiger partial charge on any atom is 0.270 e. The van der Waals surface area contributed by atoms with Crippen LogP contribution in [0.15, 0.2) is 28.3 Å². The summed E-state index contributed by atoms with van der Waals surface area (Å²) in [6.45, 7) is 2.98. The average Bonchev–Trinajstić information content (AvgIpc) is 3.37. The fourth-order valence-corrected chi connectivity index (χ4v) is 3.95. The molecule has 25 heavy (non-hydrogen) atoms. The van der Waals surface area contributed by atoms with Gasteiger partial charge in [-0.05, 0) is 30.7 Å². The summed E-state index contributed by atoms with van der Waals surface area (Å²) in [6.07, 6.45) is 2.22. The molecule has 1 aliphatic heterocycles. The SMILES string of the molecule is O=[N+]([O-])c1ccc(Sc2nnc(N3CCOCC3)n2C2CC2)c(Cl)c1. The molecule has 1 aromatic carbocycles. The lowest BCUT2D eigenvalue weighted by atomic mass is 10.3. The van der Waals surface area contributed by atoms with Crippen molar-refractivity contribution in [1.82, 2.24) is 14.8 Å². The third kappa shape index (κ3) is 3.44. The number of benzene rings is 1. The Morgan fingerprint density at radius 1 is 1.28 bits per heavy atom. The number of ether oxygens (including phenoxy) is 1. The first-order valence-electron chi connectivity index (χ1n) is 8.03. The monoisotopic (exact) mass is 381 g/mol. The molecule has 0 unspecified atom stereocenters. The zero-order valence-electron chi connectivity index (χ0n) is 13.3. The van der Waals surface area contributed by atoms with E-state index in [9.17, 15) is 10.1 Å². The van der Waals surface area contributed by atoms with Crippen molar-refractivity contribution in [2.24, 2.45) is 0 Å². The van der Waals surface area contributed by atoms with E-state index in [-0.39, 0.29) is 5.69 Å². The molecule has 2 heterocycles. The molecule has 0 bridgehead atoms. The highest BCUT2D eigenvalue weighted by Gasteiger charge is 2.32. The number of nitrogens with zero attached hydrogens (tertiary/aromatic N) is 5. The molecule has 4 rings (SSSR count). The van der Waals surface area contributed by atoms with Gasteiger partial charge in [-0.2, -0.15) is 0 Å². The molecule has 1 aliphatic carbocycles. The summed E-state index contributed by atoms with van der Waals surface area (Å²) in [4.78, 5) is 13.3. The summed E-state index contributed by atoms with van der Waals surface area (Å²) in [5.74, 6) is 0.867. The smallest absolute Gasteiger partial charge is 0.270 e. The molecule has 1 saturated heterocycles. The van der Waals surface area contributed by atoms with Crippen molar-refractivity contribution in [2.75, 3.05) is 31.2 Å². The zero-order chi connectivity index (χ0) is 17.4. The number of rotatable bonds is 5. The molecule has 2 fully saturated rings. The third-order valence-corrected chi connectivity index (χ3v) is 5.64. The van der Waals surface area contributed by atoms with Gasteiger partial charge in [0.05, 0.1) is 23.2 Å². The van der Waals surface area contributed by atoms with E-state index in [2.05, 4.69) is 19.7 Å². The second-order valence-electron chi connectivity index (χ2n) is 5.96. The normalized spacial score (nSPS) is 17.7. The molecule has 2 aromatic rings. The van der Waals surface area contributed by atoms with E-state index in [0.717, 1.165) is 41.9 Å². The average molecular weight is 382 g/mol. The van der Waals surface area contributed by atoms with Crippen molar-refractivity contribution < 1.29 is 9.66 Å². The largest absolute Gasteiger partial charge is 0.378 e. The molecule has 132 valence electrons. The number of hydrogen-bond donors (Lipinski definition) is 0. The van der Waals surface area contributed by atoms with E-state index in [1.54, 1.807) is 6.07 Å². The molecule has 0 amide bonds. The summed E-state index contributed by atoms with van der Waals surface area (Å²) >= 11 is 7.61. The van der Waals surface area contributed by atoms with Gasteiger partial charge in [0.15, 0.2) is 5.16 Å². The van der Waals surface area contributed by atoms with Crippen LogP contribution in [0.5, 0.6) is 0 Å². The van der Waals surface area contributed by atoms with Gasteiger partial charge in [0, 0.05) is 36.2 Å². The van der Waals surface area contributed by atoms with E-state index < -0.39 is 4.92 Å². The zero-order valence-corrected chi connectivity index (χ0v) is 14.9. The van der Waals surface area contributed by atoms with E-state index >= 15 is 0 Å². The van der Waals surface area contributed by atoms with Crippen LogP contribution < -0.4 is 4.90 Å². The van der Waals surface area contributed by atoms with Crippen molar-refractivity contribution in [2.45, 2.75) is 28.9 Å². The summed E-state index contributed by atoms with van der Waals surface area (Å²) in [5.41, 5.74) is -0.0213. The minimum absolute atomic E-state index is 0.0213. The Morgan fingerprint density at radius 2 is 2.04 bits per heavy atom. The second kappa shape index (κ2) is 6.81. The van der Waals surface area contributed by atoms with Crippen LogP contribution in [0, 0.1) is 10.1 Å². The van der Waals surface area contributed by atoms with Gasteiger partial charge in [0.1, 0.15) is 0 Å². The summed E-state index contributed by atoms with van der Waals surface area (Å²) in [7, 11) is 0. The number of morpholine rings is 1. The topological polar surface area (TPSA) is 86.3 Å². The molecule has 10 heteroatoms. The Kier molecular flexibility index (Phi) is 4.53. The third-order valence-electron chi connectivity index (χ3n) is 4.18. The number of nitro groups is 1. The molecule has 0 spiro atoms. The Labute approximate surface area is 153 Å². The van der Waals surface area contributed by atoms with Crippen LogP contribution in [-0.2, 0) is 4.74 Å². The second-order valence-corrected chi connectivity index (χ2v) is 7.37. The molecule has 0 atom stereocenters. The van der Waals surface area contributed by atoms with Crippen LogP contribution >= 0.6 is 23.4 Å². The molecule has 1 saturated carbocycles. The predicted octanol–water partition coefficient (Wildman–Crippen LogP) is 3.16. The van der Waals surface area contributed by atoms with Gasteiger partial charge in [-0.15, -0.1) is 10.2 Å². The van der Waals surface area contributed by atoms with E-state index in [1.165, 1.54) is 23.9 Å². The minimum Gasteiger partial charge on any atom is -0.378 e. The van der Waals surface area contributed by atoms with Gasteiger partial charge in [-0.3, -0.25) is 14.7 Å². The van der Waals surface area contributed by atoms with Gasteiger partial charge >= 0.3 is 0 Å². The molecular formula is C15H16ClN5O3S. The summed E-state index contributed by atoms with van der Waals surface area (Å²) in [6, 6.07) is 4.89. The number of aromatic nitrogens is 3. The number of nitro benzene ring substituents is 1. The Hall–Kier alpha value is -1.84. The highest BCUT2D eigenvalue weighted by molar-refractivity contribution is 7.99. The Morgan fingerprint density at radius 3 is 2.68 bits per heavy atom. The van der Waals surface area contributed by atoms with Crippen molar-refractivity contribution in [3.8, 4) is 0 Å². The maximum absolute atomic E-state index is 10.9. The Bertz CT molecular complexity index is 804. The maximum atomic E-state index is 10.9. The van der Waals surface area contributed by atoms with Gasteiger partial charge in [0.2, 0.25) is 5.95 Å². The minimum atomic E-state index is -0.455.